The second-order valence-corrected chi connectivity index (χ2v) is 5.99. The van der Waals surface area contributed by atoms with E-state index in [4.69, 9.17) is 4.74 Å². The molecule has 0 saturated heterocycles. The van der Waals surface area contributed by atoms with Crippen LogP contribution in [0.3, 0.4) is 0 Å². The fraction of sp³-hybridized carbons (Fsp3) is 0.100. The van der Waals surface area contributed by atoms with Crippen LogP contribution in [0, 0.1) is 0 Å². The Balaban J connectivity index is 1.71. The molecule has 4 rings (SSSR count). The quantitative estimate of drug-likeness (QED) is 0.749. The number of methoxy groups -OCH3 is 1. The SMILES string of the molecule is COc1ccccc1C(=O)Nc1ncc2c(n1)-c1ccccc1NC(=O)C2. The van der Waals surface area contributed by atoms with E-state index < -0.39 is 0 Å². The number of fused-ring (bicyclic) bond motifs is 3. The lowest BCUT2D eigenvalue weighted by atomic mass is 10.1. The molecule has 0 bridgehead atoms. The maximum atomic E-state index is 12.6. The van der Waals surface area contributed by atoms with Crippen LogP contribution in [-0.4, -0.2) is 28.9 Å². The van der Waals surface area contributed by atoms with Gasteiger partial charge in [0.25, 0.3) is 5.91 Å². The van der Waals surface area contributed by atoms with Crippen molar-refractivity contribution in [3.63, 3.8) is 0 Å². The predicted octanol–water partition coefficient (Wildman–Crippen LogP) is 2.90. The minimum atomic E-state index is -0.372. The Morgan fingerprint density at radius 1 is 1.15 bits per heavy atom. The van der Waals surface area contributed by atoms with E-state index in [1.807, 2.05) is 24.3 Å². The summed E-state index contributed by atoms with van der Waals surface area (Å²) < 4.78 is 5.22. The molecular formula is C20H16N4O3. The Hall–Kier alpha value is -3.74. The molecule has 2 aromatic carbocycles. The molecule has 0 unspecified atom stereocenters. The minimum Gasteiger partial charge on any atom is -0.496 e. The van der Waals surface area contributed by atoms with Gasteiger partial charge in [-0.15, -0.1) is 0 Å². The summed E-state index contributed by atoms with van der Waals surface area (Å²) in [7, 11) is 1.51. The molecule has 1 aliphatic heterocycles. The molecule has 0 radical (unpaired) electrons. The number of para-hydroxylation sites is 2. The van der Waals surface area contributed by atoms with E-state index in [0.29, 0.717) is 28.3 Å². The highest BCUT2D eigenvalue weighted by atomic mass is 16.5. The number of aromatic nitrogens is 2. The molecule has 27 heavy (non-hydrogen) atoms. The molecule has 0 aliphatic carbocycles. The summed E-state index contributed by atoms with van der Waals surface area (Å²) in [6.07, 6.45) is 1.74. The first kappa shape index (κ1) is 16.7. The summed E-state index contributed by atoms with van der Waals surface area (Å²) in [4.78, 5) is 33.4. The van der Waals surface area contributed by atoms with Crippen molar-refractivity contribution in [1.82, 2.24) is 9.97 Å². The highest BCUT2D eigenvalue weighted by molar-refractivity contribution is 6.05. The molecule has 0 spiro atoms. The number of hydrogen-bond acceptors (Lipinski definition) is 5. The Morgan fingerprint density at radius 3 is 2.78 bits per heavy atom. The molecule has 3 aromatic rings. The molecule has 1 aromatic heterocycles. The van der Waals surface area contributed by atoms with Gasteiger partial charge in [-0.05, 0) is 18.2 Å². The van der Waals surface area contributed by atoms with Crippen molar-refractivity contribution in [3.05, 3.63) is 65.9 Å². The van der Waals surface area contributed by atoms with Crippen LogP contribution in [0.4, 0.5) is 11.6 Å². The van der Waals surface area contributed by atoms with Crippen molar-refractivity contribution in [2.75, 3.05) is 17.7 Å². The summed E-state index contributed by atoms with van der Waals surface area (Å²) >= 11 is 0. The molecule has 7 nitrogen and oxygen atoms in total. The number of nitrogens with zero attached hydrogens (tertiary/aromatic N) is 2. The third-order valence-corrected chi connectivity index (χ3v) is 4.25. The van der Waals surface area contributed by atoms with Crippen LogP contribution >= 0.6 is 0 Å². The number of nitrogens with one attached hydrogen (secondary N) is 2. The smallest absolute Gasteiger partial charge is 0.261 e. The van der Waals surface area contributed by atoms with Crippen molar-refractivity contribution in [2.24, 2.45) is 0 Å². The zero-order chi connectivity index (χ0) is 18.8. The lowest BCUT2D eigenvalue weighted by Crippen LogP contribution is -2.16. The monoisotopic (exact) mass is 360 g/mol. The highest BCUT2D eigenvalue weighted by Crippen LogP contribution is 2.32. The molecule has 0 fully saturated rings. The molecule has 2 heterocycles. The van der Waals surface area contributed by atoms with Gasteiger partial charge in [0.05, 0.1) is 30.5 Å². The standard InChI is InChI=1S/C20H16N4O3/c1-27-16-9-5-3-7-14(16)19(26)24-20-21-11-12-10-17(25)22-15-8-4-2-6-13(15)18(12)23-20/h2-9,11H,10H2,1H3,(H,22,25)(H,21,23,24,26). The minimum absolute atomic E-state index is 0.129. The molecule has 2 amide bonds. The average Bonchev–Trinajstić information content (AvgIpc) is 2.83. The van der Waals surface area contributed by atoms with E-state index in [9.17, 15) is 9.59 Å². The van der Waals surface area contributed by atoms with Crippen LogP contribution in [-0.2, 0) is 11.2 Å². The summed E-state index contributed by atoms with van der Waals surface area (Å²) in [6, 6.07) is 14.3. The fourth-order valence-electron chi connectivity index (χ4n) is 3.00. The van der Waals surface area contributed by atoms with Crippen LogP contribution in [0.5, 0.6) is 5.75 Å². The number of ether oxygens (including phenoxy) is 1. The number of benzene rings is 2. The van der Waals surface area contributed by atoms with Gasteiger partial charge in [0.2, 0.25) is 11.9 Å². The van der Waals surface area contributed by atoms with E-state index in [2.05, 4.69) is 20.6 Å². The summed E-state index contributed by atoms with van der Waals surface area (Å²) in [5.74, 6) is 0.123. The van der Waals surface area contributed by atoms with Crippen LogP contribution in [0.1, 0.15) is 15.9 Å². The number of carbonyl (C=O) groups excluding carboxylic acids is 2. The van der Waals surface area contributed by atoms with E-state index in [1.165, 1.54) is 7.11 Å². The number of rotatable bonds is 3. The van der Waals surface area contributed by atoms with Crippen molar-refractivity contribution < 1.29 is 14.3 Å². The number of carbonyl (C=O) groups is 2. The van der Waals surface area contributed by atoms with Crippen LogP contribution in [0.25, 0.3) is 11.3 Å². The number of amides is 2. The Kier molecular flexibility index (Phi) is 4.25. The van der Waals surface area contributed by atoms with E-state index in [1.54, 1.807) is 30.5 Å². The van der Waals surface area contributed by atoms with Gasteiger partial charge in [-0.3, -0.25) is 14.9 Å². The Morgan fingerprint density at radius 2 is 1.93 bits per heavy atom. The number of anilines is 2. The van der Waals surface area contributed by atoms with Gasteiger partial charge in [0.15, 0.2) is 0 Å². The van der Waals surface area contributed by atoms with Crippen molar-refractivity contribution in [2.45, 2.75) is 6.42 Å². The van der Waals surface area contributed by atoms with Gasteiger partial charge in [0, 0.05) is 17.3 Å². The Labute approximate surface area is 155 Å². The number of hydrogen-bond donors (Lipinski definition) is 2. The first-order valence-electron chi connectivity index (χ1n) is 8.35. The fourth-order valence-corrected chi connectivity index (χ4v) is 3.00. The van der Waals surface area contributed by atoms with Crippen molar-refractivity contribution in [3.8, 4) is 17.0 Å². The van der Waals surface area contributed by atoms with Gasteiger partial charge < -0.3 is 10.1 Å². The molecule has 2 N–H and O–H groups in total. The maximum absolute atomic E-state index is 12.6. The van der Waals surface area contributed by atoms with Crippen LogP contribution in [0.2, 0.25) is 0 Å². The Bertz CT molecular complexity index is 1050. The van der Waals surface area contributed by atoms with Gasteiger partial charge in [0.1, 0.15) is 5.75 Å². The molecule has 0 saturated carbocycles. The topological polar surface area (TPSA) is 93.2 Å². The van der Waals surface area contributed by atoms with Gasteiger partial charge in [-0.1, -0.05) is 30.3 Å². The lowest BCUT2D eigenvalue weighted by molar-refractivity contribution is -0.115. The average molecular weight is 360 g/mol. The van der Waals surface area contributed by atoms with E-state index in [0.717, 1.165) is 5.56 Å². The molecule has 0 atom stereocenters. The normalized spacial score (nSPS) is 12.3. The third kappa shape index (κ3) is 3.22. The maximum Gasteiger partial charge on any atom is 0.261 e. The van der Waals surface area contributed by atoms with Crippen LogP contribution in [0.15, 0.2) is 54.7 Å². The van der Waals surface area contributed by atoms with E-state index in [-0.39, 0.29) is 24.2 Å². The summed E-state index contributed by atoms with van der Waals surface area (Å²) in [6.45, 7) is 0. The zero-order valence-corrected chi connectivity index (χ0v) is 14.5. The molecule has 134 valence electrons. The highest BCUT2D eigenvalue weighted by Gasteiger charge is 2.21. The zero-order valence-electron chi connectivity index (χ0n) is 14.5. The first-order chi connectivity index (χ1) is 13.2. The molecular weight excluding hydrogens is 344 g/mol. The second kappa shape index (κ2) is 6.87. The first-order valence-corrected chi connectivity index (χ1v) is 8.35. The van der Waals surface area contributed by atoms with Crippen molar-refractivity contribution in [1.29, 1.82) is 0 Å². The van der Waals surface area contributed by atoms with E-state index >= 15 is 0 Å². The largest absolute Gasteiger partial charge is 0.496 e. The summed E-state index contributed by atoms with van der Waals surface area (Å²) in [5.41, 5.74) is 3.17. The summed E-state index contributed by atoms with van der Waals surface area (Å²) in [5, 5.41) is 5.56. The predicted molar refractivity (Wildman–Crippen MR) is 101 cm³/mol. The van der Waals surface area contributed by atoms with Gasteiger partial charge in [-0.25, -0.2) is 9.97 Å². The van der Waals surface area contributed by atoms with Gasteiger partial charge >= 0.3 is 0 Å². The lowest BCUT2D eigenvalue weighted by Gasteiger charge is -2.11. The van der Waals surface area contributed by atoms with Crippen LogP contribution < -0.4 is 15.4 Å². The van der Waals surface area contributed by atoms with Crippen molar-refractivity contribution >= 4 is 23.5 Å². The molecule has 7 heteroatoms. The third-order valence-electron chi connectivity index (χ3n) is 4.25. The molecule has 1 aliphatic rings. The second-order valence-electron chi connectivity index (χ2n) is 5.99. The van der Waals surface area contributed by atoms with Gasteiger partial charge in [-0.2, -0.15) is 0 Å².